The SMILES string of the molecule is COc1cc(C(F)(F)F)ccc1-c1cccc(O)c1. The maximum Gasteiger partial charge on any atom is 0.416 e. The molecule has 0 saturated carbocycles. The summed E-state index contributed by atoms with van der Waals surface area (Å²) in [5.41, 5.74) is 0.310. The zero-order valence-corrected chi connectivity index (χ0v) is 10.0. The lowest BCUT2D eigenvalue weighted by Gasteiger charge is -2.13. The first-order chi connectivity index (χ1) is 8.91. The summed E-state index contributed by atoms with van der Waals surface area (Å²) in [5, 5.41) is 9.40. The molecular weight excluding hydrogens is 257 g/mol. The van der Waals surface area contributed by atoms with E-state index in [0.29, 0.717) is 11.1 Å². The van der Waals surface area contributed by atoms with Gasteiger partial charge in [-0.2, -0.15) is 13.2 Å². The molecule has 0 saturated heterocycles. The first kappa shape index (κ1) is 13.3. The molecular formula is C14H11F3O2. The Kier molecular flexibility index (Phi) is 3.38. The number of methoxy groups -OCH3 is 1. The highest BCUT2D eigenvalue weighted by Crippen LogP contribution is 2.37. The van der Waals surface area contributed by atoms with Gasteiger partial charge < -0.3 is 9.84 Å². The number of ether oxygens (including phenoxy) is 1. The molecule has 2 aromatic carbocycles. The van der Waals surface area contributed by atoms with Crippen molar-refractivity contribution in [1.29, 1.82) is 0 Å². The minimum Gasteiger partial charge on any atom is -0.508 e. The molecule has 2 rings (SSSR count). The summed E-state index contributed by atoms with van der Waals surface area (Å²) in [6.45, 7) is 0. The van der Waals surface area contributed by atoms with E-state index in [1.807, 2.05) is 0 Å². The van der Waals surface area contributed by atoms with E-state index >= 15 is 0 Å². The Bertz CT molecular complexity index is 591. The van der Waals surface area contributed by atoms with Crippen molar-refractivity contribution in [2.75, 3.05) is 7.11 Å². The zero-order valence-electron chi connectivity index (χ0n) is 10.0. The van der Waals surface area contributed by atoms with Crippen LogP contribution >= 0.6 is 0 Å². The average molecular weight is 268 g/mol. The second-order valence-electron chi connectivity index (χ2n) is 3.96. The highest BCUT2D eigenvalue weighted by molar-refractivity contribution is 5.72. The number of phenolic OH excluding ortho intramolecular Hbond substituents is 1. The molecule has 5 heteroatoms. The van der Waals surface area contributed by atoms with Crippen molar-refractivity contribution in [2.45, 2.75) is 6.18 Å². The fourth-order valence-electron chi connectivity index (χ4n) is 1.78. The largest absolute Gasteiger partial charge is 0.508 e. The number of alkyl halides is 3. The third kappa shape index (κ3) is 2.81. The Morgan fingerprint density at radius 3 is 2.37 bits per heavy atom. The maximum absolute atomic E-state index is 12.6. The van der Waals surface area contributed by atoms with Crippen LogP contribution in [0.15, 0.2) is 42.5 Å². The van der Waals surface area contributed by atoms with Gasteiger partial charge in [-0.25, -0.2) is 0 Å². The standard InChI is InChI=1S/C14H11F3O2/c1-19-13-8-10(14(15,16)17)5-6-12(13)9-3-2-4-11(18)7-9/h2-8,18H,1H3. The van der Waals surface area contributed by atoms with Crippen molar-refractivity contribution in [3.63, 3.8) is 0 Å². The van der Waals surface area contributed by atoms with E-state index in [1.54, 1.807) is 12.1 Å². The van der Waals surface area contributed by atoms with Crippen LogP contribution in [0.25, 0.3) is 11.1 Å². The van der Waals surface area contributed by atoms with Crippen molar-refractivity contribution in [1.82, 2.24) is 0 Å². The van der Waals surface area contributed by atoms with E-state index in [9.17, 15) is 18.3 Å². The van der Waals surface area contributed by atoms with Crippen molar-refractivity contribution in [2.24, 2.45) is 0 Å². The maximum atomic E-state index is 12.6. The molecule has 0 aliphatic heterocycles. The van der Waals surface area contributed by atoms with Gasteiger partial charge in [0.25, 0.3) is 0 Å². The molecule has 19 heavy (non-hydrogen) atoms. The molecule has 0 fully saturated rings. The Hall–Kier alpha value is -2.17. The first-order valence-corrected chi connectivity index (χ1v) is 5.46. The van der Waals surface area contributed by atoms with Gasteiger partial charge in [-0.1, -0.05) is 18.2 Å². The van der Waals surface area contributed by atoms with Crippen molar-refractivity contribution >= 4 is 0 Å². The number of aromatic hydroxyl groups is 1. The van der Waals surface area contributed by atoms with E-state index in [2.05, 4.69) is 0 Å². The molecule has 0 aliphatic rings. The quantitative estimate of drug-likeness (QED) is 0.889. The second-order valence-corrected chi connectivity index (χ2v) is 3.96. The van der Waals surface area contributed by atoms with Gasteiger partial charge in [0.15, 0.2) is 0 Å². The highest BCUT2D eigenvalue weighted by atomic mass is 19.4. The minimum absolute atomic E-state index is 0.0412. The number of rotatable bonds is 2. The van der Waals surface area contributed by atoms with Gasteiger partial charge in [-0.15, -0.1) is 0 Å². The summed E-state index contributed by atoms with van der Waals surface area (Å²) >= 11 is 0. The molecule has 0 spiro atoms. The number of phenols is 1. The van der Waals surface area contributed by atoms with Crippen LogP contribution in [-0.4, -0.2) is 12.2 Å². The smallest absolute Gasteiger partial charge is 0.416 e. The van der Waals surface area contributed by atoms with Crippen LogP contribution in [0.5, 0.6) is 11.5 Å². The van der Waals surface area contributed by atoms with Gasteiger partial charge in [0.05, 0.1) is 12.7 Å². The molecule has 0 unspecified atom stereocenters. The number of benzene rings is 2. The summed E-state index contributed by atoms with van der Waals surface area (Å²) in [6.07, 6.45) is -4.41. The van der Waals surface area contributed by atoms with E-state index in [0.717, 1.165) is 12.1 Å². The van der Waals surface area contributed by atoms with Gasteiger partial charge in [0, 0.05) is 5.56 Å². The topological polar surface area (TPSA) is 29.5 Å². The average Bonchev–Trinajstić information content (AvgIpc) is 2.37. The molecule has 1 N–H and O–H groups in total. The summed E-state index contributed by atoms with van der Waals surface area (Å²) in [7, 11) is 1.31. The Labute approximate surface area is 108 Å². The molecule has 0 radical (unpaired) electrons. The minimum atomic E-state index is -4.41. The Morgan fingerprint density at radius 2 is 1.79 bits per heavy atom. The predicted octanol–water partition coefficient (Wildman–Crippen LogP) is 4.09. The fraction of sp³-hybridized carbons (Fsp3) is 0.143. The van der Waals surface area contributed by atoms with Gasteiger partial charge in [0.1, 0.15) is 11.5 Å². The van der Waals surface area contributed by atoms with Crippen molar-refractivity contribution in [3.8, 4) is 22.6 Å². The van der Waals surface area contributed by atoms with Crippen LogP contribution in [-0.2, 0) is 6.18 Å². The van der Waals surface area contributed by atoms with E-state index in [1.165, 1.54) is 25.3 Å². The third-order valence-corrected chi connectivity index (χ3v) is 2.69. The Balaban J connectivity index is 2.53. The van der Waals surface area contributed by atoms with Crippen LogP contribution in [0.3, 0.4) is 0 Å². The van der Waals surface area contributed by atoms with Crippen LogP contribution in [0.2, 0.25) is 0 Å². The highest BCUT2D eigenvalue weighted by Gasteiger charge is 2.31. The van der Waals surface area contributed by atoms with Crippen LogP contribution in [0.4, 0.5) is 13.2 Å². The van der Waals surface area contributed by atoms with E-state index in [4.69, 9.17) is 4.74 Å². The van der Waals surface area contributed by atoms with Gasteiger partial charge in [0.2, 0.25) is 0 Å². The van der Waals surface area contributed by atoms with Gasteiger partial charge >= 0.3 is 6.18 Å². The lowest BCUT2D eigenvalue weighted by atomic mass is 10.0. The molecule has 0 aliphatic carbocycles. The second kappa shape index (κ2) is 4.84. The molecule has 0 atom stereocenters. The van der Waals surface area contributed by atoms with Crippen LogP contribution in [0, 0.1) is 0 Å². The van der Waals surface area contributed by atoms with Gasteiger partial charge in [-0.3, -0.25) is 0 Å². The van der Waals surface area contributed by atoms with Crippen LogP contribution in [0.1, 0.15) is 5.56 Å². The lowest BCUT2D eigenvalue weighted by Crippen LogP contribution is -2.05. The zero-order chi connectivity index (χ0) is 14.0. The molecule has 0 bridgehead atoms. The monoisotopic (exact) mass is 268 g/mol. The predicted molar refractivity (Wildman–Crippen MR) is 65.1 cm³/mol. The third-order valence-electron chi connectivity index (χ3n) is 2.69. The van der Waals surface area contributed by atoms with Gasteiger partial charge in [-0.05, 0) is 29.8 Å². The first-order valence-electron chi connectivity index (χ1n) is 5.46. The summed E-state index contributed by atoms with van der Waals surface area (Å²) in [5.74, 6) is 0.153. The number of hydrogen-bond acceptors (Lipinski definition) is 2. The normalized spacial score (nSPS) is 11.4. The molecule has 0 aromatic heterocycles. The van der Waals surface area contributed by atoms with Crippen LogP contribution < -0.4 is 4.74 Å². The molecule has 0 amide bonds. The number of halogens is 3. The van der Waals surface area contributed by atoms with E-state index in [-0.39, 0.29) is 11.5 Å². The summed E-state index contributed by atoms with van der Waals surface area (Å²) < 4.78 is 42.8. The molecule has 2 aromatic rings. The number of hydrogen-bond donors (Lipinski definition) is 1. The molecule has 0 heterocycles. The summed E-state index contributed by atoms with van der Waals surface area (Å²) in [4.78, 5) is 0. The Morgan fingerprint density at radius 1 is 1.05 bits per heavy atom. The lowest BCUT2D eigenvalue weighted by molar-refractivity contribution is -0.137. The molecule has 100 valence electrons. The van der Waals surface area contributed by atoms with E-state index < -0.39 is 11.7 Å². The summed E-state index contributed by atoms with van der Waals surface area (Å²) in [6, 6.07) is 9.51. The van der Waals surface area contributed by atoms with Crippen molar-refractivity contribution < 1.29 is 23.0 Å². The fourth-order valence-corrected chi connectivity index (χ4v) is 1.78. The molecule has 2 nitrogen and oxygen atoms in total. The van der Waals surface area contributed by atoms with Crippen molar-refractivity contribution in [3.05, 3.63) is 48.0 Å².